The summed E-state index contributed by atoms with van der Waals surface area (Å²) in [5.74, 6) is -0.208. The van der Waals surface area contributed by atoms with Crippen LogP contribution in [-0.2, 0) is 21.2 Å². The van der Waals surface area contributed by atoms with E-state index in [9.17, 15) is 13.2 Å². The molecule has 0 amide bonds. The highest BCUT2D eigenvalue weighted by atomic mass is 32.2. The van der Waals surface area contributed by atoms with Gasteiger partial charge in [-0.1, -0.05) is 6.07 Å². The first-order valence-electron chi connectivity index (χ1n) is 9.87. The SMILES string of the molecule is COc1ccc(N2CC(C)N(S(=O)(=O)c3ccc(C)c(CC(=O)O)c3)C(C)C2)cc1. The maximum atomic E-state index is 13.4. The normalized spacial score (nSPS) is 20.2. The molecule has 0 aliphatic carbocycles. The highest BCUT2D eigenvalue weighted by molar-refractivity contribution is 7.89. The molecule has 1 aliphatic heterocycles. The van der Waals surface area contributed by atoms with E-state index in [1.54, 1.807) is 30.5 Å². The minimum atomic E-state index is -3.76. The lowest BCUT2D eigenvalue weighted by Gasteiger charge is -2.44. The Hall–Kier alpha value is -2.58. The van der Waals surface area contributed by atoms with Crippen molar-refractivity contribution in [3.05, 3.63) is 53.6 Å². The third kappa shape index (κ3) is 4.44. The van der Waals surface area contributed by atoms with E-state index in [2.05, 4.69) is 4.90 Å². The van der Waals surface area contributed by atoms with Crippen LogP contribution in [0, 0.1) is 6.92 Å². The number of carbonyl (C=O) groups is 1. The van der Waals surface area contributed by atoms with Crippen molar-refractivity contribution in [1.29, 1.82) is 0 Å². The number of carboxylic acids is 1. The fourth-order valence-corrected chi connectivity index (χ4v) is 5.92. The summed E-state index contributed by atoms with van der Waals surface area (Å²) in [5.41, 5.74) is 2.30. The first kappa shape index (κ1) is 22.1. The smallest absolute Gasteiger partial charge is 0.307 e. The maximum Gasteiger partial charge on any atom is 0.307 e. The van der Waals surface area contributed by atoms with E-state index in [1.807, 2.05) is 38.1 Å². The Kier molecular flexibility index (Phi) is 6.38. The van der Waals surface area contributed by atoms with Crippen LogP contribution in [0.3, 0.4) is 0 Å². The predicted octanol–water partition coefficient (Wildman–Crippen LogP) is 2.92. The fourth-order valence-electron chi connectivity index (χ4n) is 4.07. The number of benzene rings is 2. The van der Waals surface area contributed by atoms with Gasteiger partial charge in [0.1, 0.15) is 5.75 Å². The number of piperazine rings is 1. The number of aliphatic carboxylic acids is 1. The molecular weight excluding hydrogens is 404 g/mol. The Morgan fingerprint density at radius 1 is 1.10 bits per heavy atom. The third-order valence-electron chi connectivity index (χ3n) is 5.51. The summed E-state index contributed by atoms with van der Waals surface area (Å²) < 4.78 is 33.6. The van der Waals surface area contributed by atoms with Crippen molar-refractivity contribution in [2.75, 3.05) is 25.1 Å². The summed E-state index contributed by atoms with van der Waals surface area (Å²) >= 11 is 0. The summed E-state index contributed by atoms with van der Waals surface area (Å²) in [5, 5.41) is 9.12. The monoisotopic (exact) mass is 432 g/mol. The number of ether oxygens (including phenoxy) is 1. The topological polar surface area (TPSA) is 87.2 Å². The molecule has 0 radical (unpaired) electrons. The van der Waals surface area contributed by atoms with Gasteiger partial charge in [0.05, 0.1) is 18.4 Å². The zero-order valence-corrected chi connectivity index (χ0v) is 18.5. The second-order valence-corrected chi connectivity index (χ2v) is 9.64. The van der Waals surface area contributed by atoms with Gasteiger partial charge < -0.3 is 14.7 Å². The van der Waals surface area contributed by atoms with Gasteiger partial charge in [-0.05, 0) is 68.3 Å². The molecule has 1 N–H and O–H groups in total. The van der Waals surface area contributed by atoms with E-state index in [0.29, 0.717) is 18.7 Å². The molecular formula is C22H28N2O5S. The average Bonchev–Trinajstić information content (AvgIpc) is 2.68. The van der Waals surface area contributed by atoms with Crippen molar-refractivity contribution < 1.29 is 23.1 Å². The van der Waals surface area contributed by atoms with Gasteiger partial charge in [-0.3, -0.25) is 4.79 Å². The van der Waals surface area contributed by atoms with Crippen LogP contribution in [0.2, 0.25) is 0 Å². The van der Waals surface area contributed by atoms with Crippen LogP contribution in [0.15, 0.2) is 47.4 Å². The molecule has 30 heavy (non-hydrogen) atoms. The number of hydrogen-bond donors (Lipinski definition) is 1. The van der Waals surface area contributed by atoms with Crippen molar-refractivity contribution in [1.82, 2.24) is 4.31 Å². The van der Waals surface area contributed by atoms with Gasteiger partial charge in [-0.2, -0.15) is 4.31 Å². The zero-order chi connectivity index (χ0) is 22.1. The third-order valence-corrected chi connectivity index (χ3v) is 7.64. The van der Waals surface area contributed by atoms with Crippen molar-refractivity contribution in [3.8, 4) is 5.75 Å². The van der Waals surface area contributed by atoms with E-state index in [-0.39, 0.29) is 23.4 Å². The molecule has 8 heteroatoms. The van der Waals surface area contributed by atoms with E-state index in [4.69, 9.17) is 9.84 Å². The van der Waals surface area contributed by atoms with Crippen LogP contribution in [0.25, 0.3) is 0 Å². The number of hydrogen-bond acceptors (Lipinski definition) is 5. The van der Waals surface area contributed by atoms with Gasteiger partial charge in [0, 0.05) is 30.9 Å². The second kappa shape index (κ2) is 8.65. The Morgan fingerprint density at radius 2 is 1.70 bits per heavy atom. The van der Waals surface area contributed by atoms with Crippen LogP contribution in [0.1, 0.15) is 25.0 Å². The molecule has 0 aromatic heterocycles. The molecule has 2 atom stereocenters. The zero-order valence-electron chi connectivity index (χ0n) is 17.7. The van der Waals surface area contributed by atoms with E-state index in [1.165, 1.54) is 6.07 Å². The van der Waals surface area contributed by atoms with Crippen molar-refractivity contribution >= 4 is 21.7 Å². The van der Waals surface area contributed by atoms with Crippen LogP contribution in [0.5, 0.6) is 5.75 Å². The Bertz CT molecular complexity index is 1010. The molecule has 162 valence electrons. The van der Waals surface area contributed by atoms with Crippen LogP contribution in [0.4, 0.5) is 5.69 Å². The van der Waals surface area contributed by atoms with Gasteiger partial charge in [-0.25, -0.2) is 8.42 Å². The van der Waals surface area contributed by atoms with E-state index >= 15 is 0 Å². The minimum absolute atomic E-state index is 0.140. The largest absolute Gasteiger partial charge is 0.497 e. The number of rotatable bonds is 6. The number of carboxylic acid groups (broad SMARTS) is 1. The van der Waals surface area contributed by atoms with Crippen molar-refractivity contribution in [2.24, 2.45) is 0 Å². The summed E-state index contributed by atoms with van der Waals surface area (Å²) in [6.45, 7) is 6.70. The van der Waals surface area contributed by atoms with Crippen molar-refractivity contribution in [3.63, 3.8) is 0 Å². The second-order valence-electron chi connectivity index (χ2n) is 7.79. The lowest BCUT2D eigenvalue weighted by molar-refractivity contribution is -0.136. The Morgan fingerprint density at radius 3 is 2.23 bits per heavy atom. The summed E-state index contributed by atoms with van der Waals surface area (Å²) in [7, 11) is -2.14. The summed E-state index contributed by atoms with van der Waals surface area (Å²) in [6.07, 6.45) is -0.203. The van der Waals surface area contributed by atoms with Crippen LogP contribution in [-0.4, -0.2) is 56.1 Å². The molecule has 0 saturated carbocycles. The van der Waals surface area contributed by atoms with Gasteiger partial charge in [0.2, 0.25) is 10.0 Å². The van der Waals surface area contributed by atoms with Gasteiger partial charge >= 0.3 is 5.97 Å². The molecule has 1 aliphatic rings. The first-order chi connectivity index (χ1) is 14.1. The minimum Gasteiger partial charge on any atom is -0.497 e. The number of methoxy groups -OCH3 is 1. The van der Waals surface area contributed by atoms with Gasteiger partial charge in [0.25, 0.3) is 0 Å². The number of aryl methyl sites for hydroxylation is 1. The molecule has 7 nitrogen and oxygen atoms in total. The predicted molar refractivity (Wildman–Crippen MR) is 116 cm³/mol. The fraction of sp³-hybridized carbons (Fsp3) is 0.409. The van der Waals surface area contributed by atoms with Crippen LogP contribution < -0.4 is 9.64 Å². The molecule has 0 bridgehead atoms. The number of nitrogens with zero attached hydrogens (tertiary/aromatic N) is 2. The highest BCUT2D eigenvalue weighted by Gasteiger charge is 2.38. The maximum absolute atomic E-state index is 13.4. The van der Waals surface area contributed by atoms with Gasteiger partial charge in [0.15, 0.2) is 0 Å². The quantitative estimate of drug-likeness (QED) is 0.755. The lowest BCUT2D eigenvalue weighted by atomic mass is 10.1. The first-order valence-corrected chi connectivity index (χ1v) is 11.3. The van der Waals surface area contributed by atoms with E-state index < -0.39 is 16.0 Å². The highest BCUT2D eigenvalue weighted by Crippen LogP contribution is 2.29. The molecule has 2 aromatic carbocycles. The van der Waals surface area contributed by atoms with Crippen LogP contribution >= 0.6 is 0 Å². The molecule has 1 saturated heterocycles. The van der Waals surface area contributed by atoms with Crippen molar-refractivity contribution in [2.45, 2.75) is 44.2 Å². The molecule has 2 aromatic rings. The average molecular weight is 433 g/mol. The summed E-state index contributed by atoms with van der Waals surface area (Å²) in [6, 6.07) is 12.0. The summed E-state index contributed by atoms with van der Waals surface area (Å²) in [4.78, 5) is 13.4. The van der Waals surface area contributed by atoms with Gasteiger partial charge in [-0.15, -0.1) is 0 Å². The number of sulfonamides is 1. The lowest BCUT2D eigenvalue weighted by Crippen LogP contribution is -2.58. The molecule has 1 heterocycles. The molecule has 0 spiro atoms. The molecule has 1 fully saturated rings. The standard InChI is InChI=1S/C22H28N2O5S/c1-15-5-10-21(11-18(15)12-22(25)26)30(27,28)24-16(2)13-23(14-17(24)3)19-6-8-20(29-4)9-7-19/h5-11,16-17H,12-14H2,1-4H3,(H,25,26). The Labute approximate surface area is 177 Å². The van der Waals surface area contributed by atoms with E-state index in [0.717, 1.165) is 17.0 Å². The number of anilines is 1. The molecule has 2 unspecified atom stereocenters. The Balaban J connectivity index is 1.86. The molecule has 3 rings (SSSR count).